The molecule has 0 aromatic carbocycles. The van der Waals surface area contributed by atoms with E-state index in [-0.39, 0.29) is 5.82 Å². The summed E-state index contributed by atoms with van der Waals surface area (Å²) in [7, 11) is 0. The van der Waals surface area contributed by atoms with E-state index in [1.807, 2.05) is 6.07 Å². The molecular formula is C10H10N4O2. The lowest BCUT2D eigenvalue weighted by atomic mass is 10.4. The third-order valence-electron chi connectivity index (χ3n) is 2.65. The summed E-state index contributed by atoms with van der Waals surface area (Å²) in [6, 6.07) is 5.90. The van der Waals surface area contributed by atoms with E-state index in [9.17, 15) is 10.1 Å². The van der Waals surface area contributed by atoms with Crippen LogP contribution in [0.2, 0.25) is 0 Å². The summed E-state index contributed by atoms with van der Waals surface area (Å²) < 4.78 is 1.72. The Kier molecular flexibility index (Phi) is 1.82. The van der Waals surface area contributed by atoms with Crippen molar-refractivity contribution in [3.63, 3.8) is 0 Å². The summed E-state index contributed by atoms with van der Waals surface area (Å²) in [6.07, 6.45) is 3.80. The number of nitro groups is 1. The Hall–Kier alpha value is -2.11. The van der Waals surface area contributed by atoms with E-state index in [1.165, 1.54) is 6.33 Å². The topological polar surface area (TPSA) is 72.5 Å². The van der Waals surface area contributed by atoms with Gasteiger partial charge in [-0.1, -0.05) is 6.07 Å². The highest BCUT2D eigenvalue weighted by Crippen LogP contribution is 2.27. The van der Waals surface area contributed by atoms with Crippen molar-refractivity contribution in [1.82, 2.24) is 9.38 Å². The van der Waals surface area contributed by atoms with Gasteiger partial charge in [0.2, 0.25) is 6.33 Å². The van der Waals surface area contributed by atoms with Gasteiger partial charge in [0, 0.05) is 6.04 Å². The van der Waals surface area contributed by atoms with E-state index in [0.29, 0.717) is 11.6 Å². The van der Waals surface area contributed by atoms with E-state index in [2.05, 4.69) is 10.3 Å². The Labute approximate surface area is 91.1 Å². The van der Waals surface area contributed by atoms with Crippen molar-refractivity contribution in [2.24, 2.45) is 0 Å². The van der Waals surface area contributed by atoms with Crippen LogP contribution in [0.15, 0.2) is 24.5 Å². The van der Waals surface area contributed by atoms with Crippen LogP contribution in [0.4, 0.5) is 11.6 Å². The molecule has 0 unspecified atom stereocenters. The first-order valence-electron chi connectivity index (χ1n) is 5.13. The molecule has 0 atom stereocenters. The number of aromatic nitrogens is 2. The molecule has 0 radical (unpaired) electrons. The Morgan fingerprint density at radius 2 is 2.31 bits per heavy atom. The van der Waals surface area contributed by atoms with Crippen molar-refractivity contribution in [1.29, 1.82) is 0 Å². The second kappa shape index (κ2) is 3.19. The highest BCUT2D eigenvalue weighted by Gasteiger charge is 2.23. The average Bonchev–Trinajstić information content (AvgIpc) is 2.95. The van der Waals surface area contributed by atoms with Gasteiger partial charge in [0.25, 0.3) is 0 Å². The lowest BCUT2D eigenvalue weighted by molar-refractivity contribution is -0.387. The number of hydrogen-bond acceptors (Lipinski definition) is 4. The highest BCUT2D eigenvalue weighted by atomic mass is 16.6. The van der Waals surface area contributed by atoms with Crippen LogP contribution in [0.1, 0.15) is 12.8 Å². The van der Waals surface area contributed by atoms with Crippen molar-refractivity contribution >= 4 is 17.2 Å². The van der Waals surface area contributed by atoms with Crippen LogP contribution in [-0.4, -0.2) is 20.3 Å². The first-order valence-corrected chi connectivity index (χ1v) is 5.13. The molecule has 3 rings (SSSR count). The second-order valence-electron chi connectivity index (χ2n) is 3.91. The number of nitrogens with zero attached hydrogens (tertiary/aromatic N) is 3. The second-order valence-corrected chi connectivity index (χ2v) is 3.91. The standard InChI is InChI=1S/C10H10N4O2/c15-14(16)10-8-2-1-3-9(12-7-4-5-7)13(8)6-11-10/h1-3,6-7,12H,4-5H2. The number of nitrogens with one attached hydrogen (secondary N) is 1. The van der Waals surface area contributed by atoms with Gasteiger partial charge < -0.3 is 15.4 Å². The molecule has 0 saturated heterocycles. The van der Waals surface area contributed by atoms with E-state index < -0.39 is 4.92 Å². The third kappa shape index (κ3) is 1.39. The fourth-order valence-corrected chi connectivity index (χ4v) is 1.70. The Morgan fingerprint density at radius 3 is 3.00 bits per heavy atom. The van der Waals surface area contributed by atoms with Crippen molar-refractivity contribution in [2.45, 2.75) is 18.9 Å². The molecule has 2 aromatic heterocycles. The number of imidazole rings is 1. The molecule has 2 heterocycles. The summed E-state index contributed by atoms with van der Waals surface area (Å²) in [5, 5.41) is 14.0. The molecule has 1 aliphatic rings. The number of rotatable bonds is 3. The van der Waals surface area contributed by atoms with Crippen molar-refractivity contribution in [2.75, 3.05) is 5.32 Å². The molecule has 16 heavy (non-hydrogen) atoms. The summed E-state index contributed by atoms with van der Waals surface area (Å²) in [4.78, 5) is 14.1. The van der Waals surface area contributed by atoms with E-state index >= 15 is 0 Å². The lowest BCUT2D eigenvalue weighted by Gasteiger charge is -2.05. The Bertz CT molecular complexity index is 559. The Balaban J connectivity index is 2.12. The van der Waals surface area contributed by atoms with Crippen LogP contribution in [-0.2, 0) is 0 Å². The van der Waals surface area contributed by atoms with Crippen LogP contribution < -0.4 is 5.32 Å². The zero-order valence-corrected chi connectivity index (χ0v) is 8.46. The number of anilines is 1. The molecule has 1 N–H and O–H groups in total. The van der Waals surface area contributed by atoms with Gasteiger partial charge in [-0.15, -0.1) is 0 Å². The van der Waals surface area contributed by atoms with Crippen LogP contribution in [0, 0.1) is 10.1 Å². The predicted molar refractivity (Wildman–Crippen MR) is 58.5 cm³/mol. The quantitative estimate of drug-likeness (QED) is 0.630. The summed E-state index contributed by atoms with van der Waals surface area (Å²) >= 11 is 0. The van der Waals surface area contributed by atoms with Crippen LogP contribution in [0.5, 0.6) is 0 Å². The molecule has 0 amide bonds. The molecule has 6 nitrogen and oxygen atoms in total. The van der Waals surface area contributed by atoms with Gasteiger partial charge >= 0.3 is 5.82 Å². The summed E-state index contributed by atoms with van der Waals surface area (Å²) in [6.45, 7) is 0. The minimum Gasteiger partial charge on any atom is -0.368 e. The van der Waals surface area contributed by atoms with E-state index in [1.54, 1.807) is 16.5 Å². The van der Waals surface area contributed by atoms with Gasteiger partial charge in [0.15, 0.2) is 0 Å². The lowest BCUT2D eigenvalue weighted by Crippen LogP contribution is -2.05. The van der Waals surface area contributed by atoms with E-state index in [0.717, 1.165) is 18.7 Å². The molecule has 0 bridgehead atoms. The zero-order chi connectivity index (χ0) is 11.1. The maximum atomic E-state index is 10.7. The number of fused-ring (bicyclic) bond motifs is 1. The molecule has 0 spiro atoms. The summed E-state index contributed by atoms with van der Waals surface area (Å²) in [5.74, 6) is 0.764. The van der Waals surface area contributed by atoms with Crippen molar-refractivity contribution < 1.29 is 4.92 Å². The number of hydrogen-bond donors (Lipinski definition) is 1. The fraction of sp³-hybridized carbons (Fsp3) is 0.300. The molecule has 1 saturated carbocycles. The van der Waals surface area contributed by atoms with Gasteiger partial charge in [-0.3, -0.25) is 4.40 Å². The summed E-state index contributed by atoms with van der Waals surface area (Å²) in [5.41, 5.74) is 0.524. The fourth-order valence-electron chi connectivity index (χ4n) is 1.70. The molecular weight excluding hydrogens is 208 g/mol. The third-order valence-corrected chi connectivity index (χ3v) is 2.65. The molecule has 82 valence electrons. The molecule has 1 fully saturated rings. The van der Waals surface area contributed by atoms with Gasteiger partial charge in [-0.25, -0.2) is 0 Å². The predicted octanol–water partition coefficient (Wildman–Crippen LogP) is 1.82. The van der Waals surface area contributed by atoms with Crippen LogP contribution >= 0.6 is 0 Å². The monoisotopic (exact) mass is 218 g/mol. The maximum Gasteiger partial charge on any atom is 0.389 e. The minimum atomic E-state index is -0.462. The van der Waals surface area contributed by atoms with Gasteiger partial charge in [-0.2, -0.15) is 0 Å². The molecule has 0 aliphatic heterocycles. The SMILES string of the molecule is O=[N+]([O-])c1ncn2c(NC3CC3)cccc12. The van der Waals surface area contributed by atoms with Crippen LogP contribution in [0.25, 0.3) is 5.52 Å². The van der Waals surface area contributed by atoms with Crippen molar-refractivity contribution in [3.05, 3.63) is 34.6 Å². The zero-order valence-electron chi connectivity index (χ0n) is 8.46. The first-order chi connectivity index (χ1) is 7.75. The largest absolute Gasteiger partial charge is 0.389 e. The van der Waals surface area contributed by atoms with Gasteiger partial charge in [-0.05, 0) is 34.9 Å². The van der Waals surface area contributed by atoms with Crippen LogP contribution in [0.3, 0.4) is 0 Å². The molecule has 2 aromatic rings. The van der Waals surface area contributed by atoms with Gasteiger partial charge in [0.1, 0.15) is 11.3 Å². The smallest absolute Gasteiger partial charge is 0.368 e. The maximum absolute atomic E-state index is 10.7. The van der Waals surface area contributed by atoms with Crippen molar-refractivity contribution in [3.8, 4) is 0 Å². The average molecular weight is 218 g/mol. The minimum absolute atomic E-state index is 0.0977. The molecule has 1 aliphatic carbocycles. The molecule has 6 heteroatoms. The normalized spacial score (nSPS) is 15.2. The first kappa shape index (κ1) is 9.14. The van der Waals surface area contributed by atoms with Gasteiger partial charge in [0.05, 0.1) is 0 Å². The highest BCUT2D eigenvalue weighted by molar-refractivity contribution is 5.65. The Morgan fingerprint density at radius 1 is 1.50 bits per heavy atom. The number of pyridine rings is 1. The van der Waals surface area contributed by atoms with E-state index in [4.69, 9.17) is 0 Å².